The van der Waals surface area contributed by atoms with Gasteiger partial charge in [0.1, 0.15) is 13.1 Å². The average molecular weight is 134 g/mol. The zero-order valence-corrected chi connectivity index (χ0v) is 5.80. The Bertz CT molecular complexity index is 77.0. The van der Waals surface area contributed by atoms with E-state index in [0.29, 0.717) is 26.3 Å². The van der Waals surface area contributed by atoms with Gasteiger partial charge >= 0.3 is 0 Å². The number of ether oxygens (including phenoxy) is 1. The molecule has 1 heterocycles. The standard InChI is InChI=1S/C5H11NO2.H3N/c1-6(7)2-4-8-5-3-6;/h2-5H2,1H3;1H3. The monoisotopic (exact) mass is 134 g/mol. The molecule has 0 aromatic rings. The van der Waals surface area contributed by atoms with Crippen LogP contribution < -0.4 is 6.15 Å². The number of morpholine rings is 1. The van der Waals surface area contributed by atoms with Crippen molar-refractivity contribution in [1.29, 1.82) is 0 Å². The number of likely N-dealkylation sites (N-methyl/N-ethyl adjacent to an activating group) is 1. The van der Waals surface area contributed by atoms with Crippen LogP contribution in [0.2, 0.25) is 0 Å². The van der Waals surface area contributed by atoms with Crippen LogP contribution in [0.25, 0.3) is 0 Å². The van der Waals surface area contributed by atoms with Crippen molar-refractivity contribution in [3.05, 3.63) is 5.21 Å². The van der Waals surface area contributed by atoms with Gasteiger partial charge in [-0.1, -0.05) is 0 Å². The van der Waals surface area contributed by atoms with Crippen LogP contribution in [-0.4, -0.2) is 38.0 Å². The van der Waals surface area contributed by atoms with E-state index in [9.17, 15) is 5.21 Å². The largest absolute Gasteiger partial charge is 0.633 e. The molecule has 0 unspecified atom stereocenters. The summed E-state index contributed by atoms with van der Waals surface area (Å²) in [6.07, 6.45) is 0. The lowest BCUT2D eigenvalue weighted by molar-refractivity contribution is -0.869. The summed E-state index contributed by atoms with van der Waals surface area (Å²) in [5.41, 5.74) is 0. The fourth-order valence-corrected chi connectivity index (χ4v) is 0.729. The summed E-state index contributed by atoms with van der Waals surface area (Å²) in [6, 6.07) is 0. The highest BCUT2D eigenvalue weighted by molar-refractivity contribution is 4.44. The molecule has 1 saturated heterocycles. The Balaban J connectivity index is 0.000000640. The summed E-state index contributed by atoms with van der Waals surface area (Å²) in [4.78, 5) is 0. The number of hydrogen-bond donors (Lipinski definition) is 1. The van der Waals surface area contributed by atoms with Crippen LogP contribution in [0, 0.1) is 5.21 Å². The van der Waals surface area contributed by atoms with Crippen LogP contribution in [0.5, 0.6) is 0 Å². The lowest BCUT2D eigenvalue weighted by Crippen LogP contribution is -2.46. The summed E-state index contributed by atoms with van der Waals surface area (Å²) in [7, 11) is 1.68. The van der Waals surface area contributed by atoms with Gasteiger partial charge in [0.15, 0.2) is 0 Å². The lowest BCUT2D eigenvalue weighted by Gasteiger charge is -2.41. The Morgan fingerprint density at radius 3 is 2.00 bits per heavy atom. The van der Waals surface area contributed by atoms with Crippen LogP contribution in [-0.2, 0) is 4.74 Å². The Morgan fingerprint density at radius 1 is 1.33 bits per heavy atom. The smallest absolute Gasteiger partial charge is 0.102 e. The topological polar surface area (TPSA) is 67.3 Å². The van der Waals surface area contributed by atoms with Crippen molar-refractivity contribution >= 4 is 0 Å². The van der Waals surface area contributed by atoms with Gasteiger partial charge in [-0.3, -0.25) is 0 Å². The number of nitrogens with zero attached hydrogens (tertiary/aromatic N) is 1. The molecule has 0 aromatic heterocycles. The van der Waals surface area contributed by atoms with Gasteiger partial charge in [-0.25, -0.2) is 0 Å². The second-order valence-corrected chi connectivity index (χ2v) is 2.36. The highest BCUT2D eigenvalue weighted by Crippen LogP contribution is 2.02. The second-order valence-electron chi connectivity index (χ2n) is 2.36. The molecule has 1 aliphatic heterocycles. The molecular formula is C5H14N2O2. The van der Waals surface area contributed by atoms with Gasteiger partial charge in [-0.15, -0.1) is 0 Å². The normalized spacial score (nSPS) is 24.7. The summed E-state index contributed by atoms with van der Waals surface area (Å²) >= 11 is 0. The maximum atomic E-state index is 11.0. The van der Waals surface area contributed by atoms with Crippen molar-refractivity contribution in [3.8, 4) is 0 Å². The molecule has 0 aromatic carbocycles. The Morgan fingerprint density at radius 2 is 1.78 bits per heavy atom. The van der Waals surface area contributed by atoms with Gasteiger partial charge in [-0.05, 0) is 0 Å². The minimum absolute atomic E-state index is 0. The Hall–Kier alpha value is -0.160. The molecule has 1 fully saturated rings. The van der Waals surface area contributed by atoms with Crippen LogP contribution in [0.1, 0.15) is 0 Å². The van der Waals surface area contributed by atoms with E-state index in [0.717, 1.165) is 0 Å². The Kier molecular flexibility index (Phi) is 3.07. The third kappa shape index (κ3) is 2.76. The predicted molar refractivity (Wildman–Crippen MR) is 35.1 cm³/mol. The van der Waals surface area contributed by atoms with E-state index < -0.39 is 0 Å². The molecule has 0 aliphatic carbocycles. The quantitative estimate of drug-likeness (QED) is 0.378. The van der Waals surface area contributed by atoms with Crippen molar-refractivity contribution in [1.82, 2.24) is 6.15 Å². The van der Waals surface area contributed by atoms with E-state index in [4.69, 9.17) is 4.74 Å². The molecule has 1 rings (SSSR count). The molecular weight excluding hydrogens is 120 g/mol. The molecule has 56 valence electrons. The zero-order valence-electron chi connectivity index (χ0n) is 5.80. The molecule has 9 heavy (non-hydrogen) atoms. The minimum atomic E-state index is -0.125. The molecule has 0 amide bonds. The van der Waals surface area contributed by atoms with Crippen LogP contribution in [0.4, 0.5) is 0 Å². The number of rotatable bonds is 0. The van der Waals surface area contributed by atoms with Crippen molar-refractivity contribution in [2.45, 2.75) is 0 Å². The predicted octanol–water partition coefficient (Wildman–Crippen LogP) is 0.123. The van der Waals surface area contributed by atoms with Crippen LogP contribution in [0.15, 0.2) is 0 Å². The summed E-state index contributed by atoms with van der Waals surface area (Å²) in [5, 5.41) is 11.0. The van der Waals surface area contributed by atoms with E-state index in [1.165, 1.54) is 0 Å². The lowest BCUT2D eigenvalue weighted by atomic mass is 10.4. The molecule has 0 radical (unpaired) electrons. The van der Waals surface area contributed by atoms with E-state index in [2.05, 4.69) is 0 Å². The molecule has 1 aliphatic rings. The highest BCUT2D eigenvalue weighted by Gasteiger charge is 2.13. The summed E-state index contributed by atoms with van der Waals surface area (Å²) in [6.45, 7) is 2.47. The van der Waals surface area contributed by atoms with Crippen molar-refractivity contribution in [2.75, 3.05) is 33.4 Å². The number of hydroxylamine groups is 3. The van der Waals surface area contributed by atoms with E-state index in [1.807, 2.05) is 0 Å². The molecule has 0 saturated carbocycles. The average Bonchev–Trinajstić information content (AvgIpc) is 1.65. The first-order valence-electron chi connectivity index (χ1n) is 2.84. The molecule has 0 bridgehead atoms. The maximum Gasteiger partial charge on any atom is 0.102 e. The van der Waals surface area contributed by atoms with Gasteiger partial charge in [0.25, 0.3) is 0 Å². The van der Waals surface area contributed by atoms with E-state index in [-0.39, 0.29) is 10.8 Å². The first kappa shape index (κ1) is 8.84. The zero-order chi connectivity index (χ0) is 6.04. The van der Waals surface area contributed by atoms with Gasteiger partial charge in [0, 0.05) is 0 Å². The Labute approximate surface area is 55.2 Å². The maximum absolute atomic E-state index is 11.0. The van der Waals surface area contributed by atoms with Crippen molar-refractivity contribution in [3.63, 3.8) is 0 Å². The molecule has 0 spiro atoms. The van der Waals surface area contributed by atoms with Crippen molar-refractivity contribution < 1.29 is 9.38 Å². The van der Waals surface area contributed by atoms with Gasteiger partial charge in [0.2, 0.25) is 0 Å². The first-order chi connectivity index (χ1) is 3.71. The second kappa shape index (κ2) is 3.12. The fourth-order valence-electron chi connectivity index (χ4n) is 0.729. The van der Waals surface area contributed by atoms with Gasteiger partial charge in [0.05, 0.1) is 20.3 Å². The fraction of sp³-hybridized carbons (Fsp3) is 1.00. The van der Waals surface area contributed by atoms with Crippen LogP contribution in [0.3, 0.4) is 0 Å². The van der Waals surface area contributed by atoms with Gasteiger partial charge < -0.3 is 20.7 Å². The van der Waals surface area contributed by atoms with E-state index >= 15 is 0 Å². The molecule has 3 N–H and O–H groups in total. The number of quaternary nitrogens is 1. The van der Waals surface area contributed by atoms with Crippen LogP contribution >= 0.6 is 0 Å². The molecule has 4 heteroatoms. The molecule has 0 atom stereocenters. The summed E-state index contributed by atoms with van der Waals surface area (Å²) in [5.74, 6) is 0. The number of hydrogen-bond acceptors (Lipinski definition) is 3. The van der Waals surface area contributed by atoms with E-state index in [1.54, 1.807) is 7.05 Å². The SMILES string of the molecule is C[N+]1([O-])CCOCC1.N. The minimum Gasteiger partial charge on any atom is -0.633 e. The molecule has 4 nitrogen and oxygen atoms in total. The first-order valence-corrected chi connectivity index (χ1v) is 2.84. The van der Waals surface area contributed by atoms with Crippen molar-refractivity contribution in [2.24, 2.45) is 0 Å². The summed E-state index contributed by atoms with van der Waals surface area (Å²) < 4.78 is 4.86. The van der Waals surface area contributed by atoms with Gasteiger partial charge in [-0.2, -0.15) is 0 Å². The third-order valence-electron chi connectivity index (χ3n) is 1.42. The third-order valence-corrected chi connectivity index (χ3v) is 1.42. The highest BCUT2D eigenvalue weighted by atomic mass is 16.6.